The molecule has 4 nitrogen and oxygen atoms in total. The molecule has 0 bridgehead atoms. The van der Waals surface area contributed by atoms with Gasteiger partial charge in [0, 0.05) is 20.3 Å². The first kappa shape index (κ1) is 16.4. The summed E-state index contributed by atoms with van der Waals surface area (Å²) in [6.45, 7) is 6.63. The van der Waals surface area contributed by atoms with E-state index in [-0.39, 0.29) is 12.5 Å². The van der Waals surface area contributed by atoms with Gasteiger partial charge in [-0.3, -0.25) is 4.79 Å². The van der Waals surface area contributed by atoms with E-state index < -0.39 is 5.60 Å². The molecule has 102 valence electrons. The van der Waals surface area contributed by atoms with Crippen molar-refractivity contribution in [3.63, 3.8) is 0 Å². The third-order valence-corrected chi connectivity index (χ3v) is 3.39. The van der Waals surface area contributed by atoms with Crippen molar-refractivity contribution in [3.8, 4) is 0 Å². The Labute approximate surface area is 105 Å². The quantitative estimate of drug-likeness (QED) is 0.650. The molecule has 0 aliphatic carbocycles. The molecule has 0 aliphatic heterocycles. The number of ether oxygens (including phenoxy) is 1. The van der Waals surface area contributed by atoms with Crippen LogP contribution < -0.4 is 5.32 Å². The van der Waals surface area contributed by atoms with Gasteiger partial charge in [-0.15, -0.1) is 0 Å². The Hall–Kier alpha value is -0.610. The minimum Gasteiger partial charge on any atom is -0.396 e. The molecule has 0 aromatic carbocycles. The lowest BCUT2D eigenvalue weighted by atomic mass is 9.98. The van der Waals surface area contributed by atoms with Gasteiger partial charge in [0.25, 0.3) is 5.91 Å². The second-order valence-electron chi connectivity index (χ2n) is 4.67. The molecule has 4 heteroatoms. The lowest BCUT2D eigenvalue weighted by Gasteiger charge is -2.26. The van der Waals surface area contributed by atoms with Crippen LogP contribution in [0.2, 0.25) is 0 Å². The van der Waals surface area contributed by atoms with Gasteiger partial charge in [-0.25, -0.2) is 0 Å². The Balaban J connectivity index is 4.19. The van der Waals surface area contributed by atoms with E-state index >= 15 is 0 Å². The second kappa shape index (κ2) is 8.48. The lowest BCUT2D eigenvalue weighted by molar-refractivity contribution is -0.142. The Morgan fingerprint density at radius 2 is 2.06 bits per heavy atom. The van der Waals surface area contributed by atoms with E-state index in [0.29, 0.717) is 18.9 Å². The van der Waals surface area contributed by atoms with Gasteiger partial charge < -0.3 is 15.2 Å². The molecule has 2 unspecified atom stereocenters. The van der Waals surface area contributed by atoms with Gasteiger partial charge in [0.15, 0.2) is 0 Å². The van der Waals surface area contributed by atoms with E-state index in [1.54, 1.807) is 14.0 Å². The van der Waals surface area contributed by atoms with Crippen LogP contribution in [0.1, 0.15) is 46.5 Å². The number of rotatable bonds is 9. The van der Waals surface area contributed by atoms with Crippen molar-refractivity contribution in [2.45, 2.75) is 52.1 Å². The number of amides is 1. The average Bonchev–Trinajstić information content (AvgIpc) is 2.35. The van der Waals surface area contributed by atoms with Crippen LogP contribution in [0, 0.1) is 5.92 Å². The van der Waals surface area contributed by atoms with Crippen LogP contribution in [0.5, 0.6) is 0 Å². The Bertz CT molecular complexity index is 209. The highest BCUT2D eigenvalue weighted by atomic mass is 16.5. The molecule has 0 aliphatic rings. The van der Waals surface area contributed by atoms with Gasteiger partial charge in [-0.2, -0.15) is 0 Å². The number of hydrogen-bond acceptors (Lipinski definition) is 3. The van der Waals surface area contributed by atoms with Crippen molar-refractivity contribution in [2.75, 3.05) is 20.3 Å². The van der Waals surface area contributed by atoms with Crippen LogP contribution in [-0.4, -0.2) is 36.9 Å². The average molecular weight is 245 g/mol. The predicted molar refractivity (Wildman–Crippen MR) is 68.8 cm³/mol. The first-order chi connectivity index (χ1) is 8.03. The van der Waals surface area contributed by atoms with Crippen molar-refractivity contribution in [1.82, 2.24) is 5.32 Å². The summed E-state index contributed by atoms with van der Waals surface area (Å²) in [6, 6.07) is 0. The third-order valence-electron chi connectivity index (χ3n) is 3.39. The molecular formula is C13H27NO3. The standard InChI is InChI=1S/C13H27NO3/c1-5-7-11(8-9-15)10-14-12(16)13(3,6-2)17-4/h11,15H,5-10H2,1-4H3,(H,14,16). The zero-order valence-corrected chi connectivity index (χ0v) is 11.6. The zero-order valence-electron chi connectivity index (χ0n) is 11.6. The third kappa shape index (κ3) is 5.50. The zero-order chi connectivity index (χ0) is 13.3. The number of nitrogens with one attached hydrogen (secondary N) is 1. The summed E-state index contributed by atoms with van der Waals surface area (Å²) in [7, 11) is 1.56. The largest absolute Gasteiger partial charge is 0.396 e. The number of carbonyl (C=O) groups is 1. The normalized spacial score (nSPS) is 16.3. The summed E-state index contributed by atoms with van der Waals surface area (Å²) in [5.41, 5.74) is -0.740. The van der Waals surface area contributed by atoms with Crippen LogP contribution in [0.4, 0.5) is 0 Å². The first-order valence-electron chi connectivity index (χ1n) is 6.48. The molecule has 17 heavy (non-hydrogen) atoms. The van der Waals surface area contributed by atoms with Crippen LogP contribution in [-0.2, 0) is 9.53 Å². The van der Waals surface area contributed by atoms with Gasteiger partial charge in [0.05, 0.1) is 0 Å². The minimum absolute atomic E-state index is 0.0680. The number of carbonyl (C=O) groups excluding carboxylic acids is 1. The summed E-state index contributed by atoms with van der Waals surface area (Å²) in [4.78, 5) is 11.9. The SMILES string of the molecule is CCCC(CCO)CNC(=O)C(C)(CC)OC. The molecule has 2 N–H and O–H groups in total. The maximum atomic E-state index is 11.9. The van der Waals surface area contributed by atoms with Crippen molar-refractivity contribution in [3.05, 3.63) is 0 Å². The molecule has 0 radical (unpaired) electrons. The van der Waals surface area contributed by atoms with Crippen LogP contribution >= 0.6 is 0 Å². The predicted octanol–water partition coefficient (Wildman–Crippen LogP) is 1.72. The van der Waals surface area contributed by atoms with Crippen molar-refractivity contribution in [2.24, 2.45) is 5.92 Å². The maximum Gasteiger partial charge on any atom is 0.251 e. The molecule has 0 spiro atoms. The van der Waals surface area contributed by atoms with E-state index in [1.807, 2.05) is 6.92 Å². The highest BCUT2D eigenvalue weighted by Gasteiger charge is 2.30. The number of aliphatic hydroxyl groups is 1. The van der Waals surface area contributed by atoms with E-state index in [0.717, 1.165) is 19.3 Å². The lowest BCUT2D eigenvalue weighted by Crippen LogP contribution is -2.47. The molecule has 0 saturated carbocycles. The van der Waals surface area contributed by atoms with Crippen LogP contribution in [0.15, 0.2) is 0 Å². The summed E-state index contributed by atoms with van der Waals surface area (Å²) >= 11 is 0. The van der Waals surface area contributed by atoms with E-state index in [2.05, 4.69) is 12.2 Å². The van der Waals surface area contributed by atoms with Crippen molar-refractivity contribution in [1.29, 1.82) is 0 Å². The molecule has 1 amide bonds. The van der Waals surface area contributed by atoms with Gasteiger partial charge in [-0.1, -0.05) is 20.3 Å². The molecule has 0 fully saturated rings. The first-order valence-corrected chi connectivity index (χ1v) is 6.48. The number of hydrogen-bond donors (Lipinski definition) is 2. The summed E-state index contributed by atoms with van der Waals surface area (Å²) in [5, 5.41) is 11.9. The Morgan fingerprint density at radius 1 is 1.41 bits per heavy atom. The molecule has 0 aromatic heterocycles. The van der Waals surface area contributed by atoms with Gasteiger partial charge in [0.2, 0.25) is 0 Å². The number of methoxy groups -OCH3 is 1. The van der Waals surface area contributed by atoms with Gasteiger partial charge in [-0.05, 0) is 32.1 Å². The fourth-order valence-electron chi connectivity index (χ4n) is 1.76. The molecule has 0 aromatic rings. The summed E-state index contributed by atoms with van der Waals surface area (Å²) < 4.78 is 5.24. The van der Waals surface area contributed by atoms with Gasteiger partial charge in [0.1, 0.15) is 5.60 Å². The number of aliphatic hydroxyl groups excluding tert-OH is 1. The maximum absolute atomic E-state index is 11.9. The molecule has 0 saturated heterocycles. The highest BCUT2D eigenvalue weighted by Crippen LogP contribution is 2.15. The second-order valence-corrected chi connectivity index (χ2v) is 4.67. The van der Waals surface area contributed by atoms with Crippen molar-refractivity contribution < 1.29 is 14.6 Å². The molecule has 2 atom stereocenters. The van der Waals surface area contributed by atoms with E-state index in [1.165, 1.54) is 0 Å². The van der Waals surface area contributed by atoms with E-state index in [9.17, 15) is 4.79 Å². The minimum atomic E-state index is -0.740. The fourth-order valence-corrected chi connectivity index (χ4v) is 1.76. The molecule has 0 heterocycles. The molecular weight excluding hydrogens is 218 g/mol. The Morgan fingerprint density at radius 3 is 2.47 bits per heavy atom. The fraction of sp³-hybridized carbons (Fsp3) is 0.923. The molecule has 0 rings (SSSR count). The van der Waals surface area contributed by atoms with Gasteiger partial charge >= 0.3 is 0 Å². The highest BCUT2D eigenvalue weighted by molar-refractivity contribution is 5.84. The smallest absolute Gasteiger partial charge is 0.251 e. The van der Waals surface area contributed by atoms with Crippen LogP contribution in [0.3, 0.4) is 0 Å². The Kier molecular flexibility index (Phi) is 8.17. The summed E-state index contributed by atoms with van der Waals surface area (Å²) in [5.74, 6) is 0.286. The van der Waals surface area contributed by atoms with E-state index in [4.69, 9.17) is 9.84 Å². The van der Waals surface area contributed by atoms with Crippen molar-refractivity contribution >= 4 is 5.91 Å². The summed E-state index contributed by atoms with van der Waals surface area (Å²) in [6.07, 6.45) is 3.48. The topological polar surface area (TPSA) is 58.6 Å². The monoisotopic (exact) mass is 245 g/mol. The van der Waals surface area contributed by atoms with Crippen LogP contribution in [0.25, 0.3) is 0 Å².